The van der Waals surface area contributed by atoms with Gasteiger partial charge in [0.25, 0.3) is 0 Å². The van der Waals surface area contributed by atoms with Crippen molar-refractivity contribution in [1.82, 2.24) is 5.43 Å². The van der Waals surface area contributed by atoms with Gasteiger partial charge < -0.3 is 0 Å². The molecule has 1 atom stereocenters. The fourth-order valence-corrected chi connectivity index (χ4v) is 1.37. The van der Waals surface area contributed by atoms with E-state index in [4.69, 9.17) is 4.18 Å². The van der Waals surface area contributed by atoms with Gasteiger partial charge in [-0.25, -0.2) is 4.21 Å². The number of hydrogen-bond donors (Lipinski definition) is 2. The molecule has 4 nitrogen and oxygen atoms in total. The van der Waals surface area contributed by atoms with Crippen molar-refractivity contribution in [3.05, 3.63) is 0 Å². The van der Waals surface area contributed by atoms with E-state index < -0.39 is 11.1 Å². The zero-order valence-corrected chi connectivity index (χ0v) is 11.0. The molecule has 0 amide bonds. The molecule has 0 heterocycles. The predicted molar refractivity (Wildman–Crippen MR) is 61.1 cm³/mol. The molecular weight excluding hydrogens is 224 g/mol. The Morgan fingerprint density at radius 3 is 2.29 bits per heavy atom. The van der Waals surface area contributed by atoms with Gasteiger partial charge >= 0.3 is 0 Å². The van der Waals surface area contributed by atoms with Crippen molar-refractivity contribution in [2.75, 3.05) is 25.3 Å². The average molecular weight is 246 g/mol. The van der Waals surface area contributed by atoms with Gasteiger partial charge in [-0.15, -0.1) is 11.6 Å². The third-order valence-corrected chi connectivity index (χ3v) is 1.99. The highest BCUT2D eigenvalue weighted by molar-refractivity contribution is 7.80. The molecule has 0 bridgehead atoms. The van der Waals surface area contributed by atoms with Gasteiger partial charge in [0.1, 0.15) is 0 Å². The summed E-state index contributed by atoms with van der Waals surface area (Å²) < 4.78 is 16.2. The average Bonchev–Trinajstić information content (AvgIpc) is 2.13. The minimum Gasteiger partial charge on any atom is -0.290 e. The van der Waals surface area contributed by atoms with Crippen LogP contribution in [0.2, 0.25) is 0 Å². The maximum absolute atomic E-state index is 11.1. The Balaban J connectivity index is 0. The van der Waals surface area contributed by atoms with Crippen molar-refractivity contribution >= 4 is 22.7 Å². The van der Waals surface area contributed by atoms with Crippen LogP contribution in [0.1, 0.15) is 20.8 Å². The van der Waals surface area contributed by atoms with E-state index in [1.54, 1.807) is 0 Å². The van der Waals surface area contributed by atoms with Crippen molar-refractivity contribution in [1.29, 1.82) is 0 Å². The highest BCUT2D eigenvalue weighted by atomic mass is 35.5. The van der Waals surface area contributed by atoms with Gasteiger partial charge in [-0.05, 0) is 5.41 Å². The van der Waals surface area contributed by atoms with Crippen LogP contribution in [0.4, 0.5) is 0 Å². The number of halogens is 1. The van der Waals surface area contributed by atoms with E-state index in [0.717, 1.165) is 0 Å². The summed E-state index contributed by atoms with van der Waals surface area (Å²) in [6.45, 7) is 7.28. The van der Waals surface area contributed by atoms with Crippen LogP contribution in [-0.4, -0.2) is 29.5 Å². The van der Waals surface area contributed by atoms with Crippen LogP contribution in [0.3, 0.4) is 0 Å². The molecule has 0 radical (unpaired) electrons. The number of quaternary nitrogens is 1. The summed E-state index contributed by atoms with van der Waals surface area (Å²) in [5, 5.41) is 0. The van der Waals surface area contributed by atoms with Gasteiger partial charge in [0, 0.05) is 6.38 Å². The lowest BCUT2D eigenvalue weighted by molar-refractivity contribution is -0.441. The Kier molecular flexibility index (Phi) is 11.8. The fraction of sp³-hybridized carbons (Fsp3) is 1.00. The van der Waals surface area contributed by atoms with Gasteiger partial charge in [-0.2, -0.15) is 5.43 Å². The molecule has 88 valence electrons. The topological polar surface area (TPSA) is 66.0 Å². The Labute approximate surface area is 94.2 Å². The van der Waals surface area contributed by atoms with Gasteiger partial charge in [-0.3, -0.25) is 10.0 Å². The zero-order chi connectivity index (χ0) is 11.6. The van der Waals surface area contributed by atoms with Crippen molar-refractivity contribution in [3.8, 4) is 0 Å². The molecule has 14 heavy (non-hydrogen) atoms. The molecule has 6 heteroatoms. The molecule has 4 N–H and O–H groups in total. The van der Waals surface area contributed by atoms with E-state index in [1.165, 1.54) is 6.38 Å². The van der Waals surface area contributed by atoms with Crippen LogP contribution in [0.15, 0.2) is 0 Å². The van der Waals surface area contributed by atoms with Crippen LogP contribution in [-0.2, 0) is 15.3 Å². The molecule has 0 aromatic rings. The van der Waals surface area contributed by atoms with E-state index in [9.17, 15) is 4.21 Å². The maximum Gasteiger partial charge on any atom is 0.156 e. The number of rotatable bonds is 5. The lowest BCUT2D eigenvalue weighted by Gasteiger charge is -2.16. The van der Waals surface area contributed by atoms with E-state index in [0.29, 0.717) is 18.9 Å². The smallest absolute Gasteiger partial charge is 0.156 e. The second-order valence-corrected chi connectivity index (χ2v) is 5.08. The molecule has 1 unspecified atom stereocenters. The summed E-state index contributed by atoms with van der Waals surface area (Å²) in [6.07, 6.45) is 1.47. The van der Waals surface area contributed by atoms with Gasteiger partial charge in [-0.1, -0.05) is 20.8 Å². The lowest BCUT2D eigenvalue weighted by atomic mass is 9.99. The summed E-state index contributed by atoms with van der Waals surface area (Å²) in [5.41, 5.74) is 2.75. The Morgan fingerprint density at radius 2 is 1.93 bits per heavy atom. The van der Waals surface area contributed by atoms with E-state index >= 15 is 0 Å². The summed E-state index contributed by atoms with van der Waals surface area (Å²) in [4.78, 5) is 0. The summed E-state index contributed by atoms with van der Waals surface area (Å²) >= 11 is 3.47. The third-order valence-electron chi connectivity index (χ3n) is 1.07. The quantitative estimate of drug-likeness (QED) is 0.542. The molecule has 0 rings (SSSR count). The normalized spacial score (nSPS) is 13.0. The second-order valence-electron chi connectivity index (χ2n) is 3.83. The number of hydrogen-bond acceptors (Lipinski definition) is 3. The van der Waals surface area contributed by atoms with Gasteiger partial charge in [0.05, 0.1) is 18.9 Å². The first-order valence-electron chi connectivity index (χ1n) is 4.35. The number of nitrogens with one attached hydrogen (secondary N) is 1. The van der Waals surface area contributed by atoms with Crippen molar-refractivity contribution < 1.29 is 14.2 Å². The maximum atomic E-state index is 11.1. The molecule has 0 saturated carbocycles. The predicted octanol–water partition coefficient (Wildman–Crippen LogP) is 0.314. The zero-order valence-electron chi connectivity index (χ0n) is 9.43. The molecule has 0 aliphatic heterocycles. The fourth-order valence-electron chi connectivity index (χ4n) is 0.457. The van der Waals surface area contributed by atoms with Crippen molar-refractivity contribution in [2.45, 2.75) is 20.8 Å². The molecule has 0 fully saturated rings. The van der Waals surface area contributed by atoms with Crippen LogP contribution >= 0.6 is 11.6 Å². The highest BCUT2D eigenvalue weighted by Crippen LogP contribution is 2.13. The SMILES string of the molecule is CC(C)(C)COS(=O)CCN[NH3+].CCl. The largest absolute Gasteiger partial charge is 0.290 e. The Bertz CT molecular complexity index is 151. The van der Waals surface area contributed by atoms with Crippen LogP contribution in [0.25, 0.3) is 0 Å². The molecule has 0 aromatic heterocycles. The first-order chi connectivity index (χ1) is 6.45. The van der Waals surface area contributed by atoms with E-state index in [-0.39, 0.29) is 5.41 Å². The van der Waals surface area contributed by atoms with E-state index in [2.05, 4.69) is 22.9 Å². The van der Waals surface area contributed by atoms with Crippen LogP contribution in [0.5, 0.6) is 0 Å². The van der Waals surface area contributed by atoms with Crippen molar-refractivity contribution in [2.24, 2.45) is 5.41 Å². The third kappa shape index (κ3) is 14.8. The molecule has 0 saturated heterocycles. The molecular formula is C8H22ClN2O2S+. The molecule has 0 aromatic carbocycles. The standard InChI is InChI=1S/C7H18N2O2S.CH3Cl/c1-7(2,3)6-11-12(10)5-4-9-8;1-2/h9H,4-6,8H2,1-3H3;1H3/p+1. The minimum atomic E-state index is -1.17. The molecule has 0 aliphatic rings. The molecule has 0 aliphatic carbocycles. The Hall–Kier alpha value is 0.320. The van der Waals surface area contributed by atoms with Crippen molar-refractivity contribution in [3.63, 3.8) is 0 Å². The summed E-state index contributed by atoms with van der Waals surface area (Å²) in [5.74, 6) is 3.93. The minimum absolute atomic E-state index is 0.0769. The summed E-state index contributed by atoms with van der Waals surface area (Å²) in [7, 11) is 0. The summed E-state index contributed by atoms with van der Waals surface area (Å²) in [6, 6.07) is 0. The lowest BCUT2D eigenvalue weighted by Crippen LogP contribution is -2.65. The number of alkyl halides is 1. The monoisotopic (exact) mass is 245 g/mol. The highest BCUT2D eigenvalue weighted by Gasteiger charge is 2.12. The van der Waals surface area contributed by atoms with Gasteiger partial charge in [0.2, 0.25) is 0 Å². The van der Waals surface area contributed by atoms with Crippen LogP contribution < -0.4 is 11.3 Å². The Morgan fingerprint density at radius 1 is 1.43 bits per heavy atom. The van der Waals surface area contributed by atoms with E-state index in [1.807, 2.05) is 20.8 Å². The molecule has 0 spiro atoms. The first kappa shape index (κ1) is 16.7. The van der Waals surface area contributed by atoms with Gasteiger partial charge in [0.15, 0.2) is 11.1 Å². The second kappa shape index (κ2) is 9.86. The van der Waals surface area contributed by atoms with Crippen LogP contribution in [0, 0.1) is 5.41 Å². The first-order valence-corrected chi connectivity index (χ1v) is 6.35.